The lowest BCUT2D eigenvalue weighted by atomic mass is 10.1. The number of carboxylic acids is 1. The first-order chi connectivity index (χ1) is 5.70. The van der Waals surface area contributed by atoms with Crippen LogP contribution in [-0.2, 0) is 12.8 Å². The molecular weight excluding hydrogens is 172 g/mol. The van der Waals surface area contributed by atoms with E-state index in [1.165, 1.54) is 16.9 Å². The number of rotatable bonds is 3. The maximum absolute atomic E-state index is 10.7. The number of aryl methyl sites for hydroxylation is 1. The molecule has 1 rings (SSSR count). The zero-order valence-electron chi connectivity index (χ0n) is 7.26. The van der Waals surface area contributed by atoms with Gasteiger partial charge in [0.15, 0.2) is 0 Å². The summed E-state index contributed by atoms with van der Waals surface area (Å²) in [5, 5.41) is 10.8. The monoisotopic (exact) mass is 184 g/mol. The summed E-state index contributed by atoms with van der Waals surface area (Å²) < 4.78 is 0. The number of carbonyl (C=O) groups is 1. The van der Waals surface area contributed by atoms with Gasteiger partial charge in [-0.25, -0.2) is 4.79 Å². The van der Waals surface area contributed by atoms with Crippen molar-refractivity contribution in [2.45, 2.75) is 26.7 Å². The van der Waals surface area contributed by atoms with Crippen molar-refractivity contribution in [3.63, 3.8) is 0 Å². The van der Waals surface area contributed by atoms with Gasteiger partial charge in [-0.1, -0.05) is 13.8 Å². The summed E-state index contributed by atoms with van der Waals surface area (Å²) in [5.41, 5.74) is 2.19. The molecule has 0 bridgehead atoms. The van der Waals surface area contributed by atoms with Gasteiger partial charge in [0.25, 0.3) is 0 Å². The van der Waals surface area contributed by atoms with Crippen molar-refractivity contribution >= 4 is 17.3 Å². The summed E-state index contributed by atoms with van der Waals surface area (Å²) >= 11 is 1.33. The van der Waals surface area contributed by atoms with Gasteiger partial charge in [0.1, 0.15) is 4.88 Å². The van der Waals surface area contributed by atoms with Crippen LogP contribution in [0.5, 0.6) is 0 Å². The molecule has 0 spiro atoms. The third-order valence-corrected chi connectivity index (χ3v) is 2.97. The van der Waals surface area contributed by atoms with Crippen LogP contribution in [0.1, 0.15) is 34.6 Å². The highest BCUT2D eigenvalue weighted by molar-refractivity contribution is 7.12. The second kappa shape index (κ2) is 3.72. The lowest BCUT2D eigenvalue weighted by molar-refractivity contribution is 0.0701. The maximum atomic E-state index is 10.7. The quantitative estimate of drug-likeness (QED) is 0.783. The van der Waals surface area contributed by atoms with E-state index < -0.39 is 5.97 Å². The van der Waals surface area contributed by atoms with Gasteiger partial charge in [0, 0.05) is 0 Å². The molecule has 0 unspecified atom stereocenters. The van der Waals surface area contributed by atoms with E-state index in [1.54, 1.807) is 0 Å². The molecular formula is C9H12O2S. The minimum Gasteiger partial charge on any atom is -0.477 e. The van der Waals surface area contributed by atoms with E-state index in [4.69, 9.17) is 5.11 Å². The molecule has 0 fully saturated rings. The molecule has 3 heteroatoms. The second-order valence-electron chi connectivity index (χ2n) is 2.58. The molecule has 1 N–H and O–H groups in total. The Balaban J connectivity index is 3.13. The molecule has 0 aliphatic carbocycles. The van der Waals surface area contributed by atoms with E-state index in [0.717, 1.165) is 18.4 Å². The van der Waals surface area contributed by atoms with Crippen molar-refractivity contribution in [1.29, 1.82) is 0 Å². The van der Waals surface area contributed by atoms with Crippen molar-refractivity contribution in [3.8, 4) is 0 Å². The second-order valence-corrected chi connectivity index (χ2v) is 3.46. The average molecular weight is 184 g/mol. The molecule has 0 saturated carbocycles. The largest absolute Gasteiger partial charge is 0.477 e. The van der Waals surface area contributed by atoms with Crippen molar-refractivity contribution in [1.82, 2.24) is 0 Å². The molecule has 2 nitrogen and oxygen atoms in total. The van der Waals surface area contributed by atoms with Crippen LogP contribution in [0.2, 0.25) is 0 Å². The van der Waals surface area contributed by atoms with Crippen molar-refractivity contribution < 1.29 is 9.90 Å². The lowest BCUT2D eigenvalue weighted by Gasteiger charge is -1.98. The van der Waals surface area contributed by atoms with Crippen LogP contribution in [0.25, 0.3) is 0 Å². The van der Waals surface area contributed by atoms with Gasteiger partial charge in [0.05, 0.1) is 0 Å². The summed E-state index contributed by atoms with van der Waals surface area (Å²) in [6, 6.07) is 0. The van der Waals surface area contributed by atoms with E-state index in [9.17, 15) is 4.79 Å². The molecule has 0 aliphatic heterocycles. The highest BCUT2D eigenvalue weighted by Gasteiger charge is 2.13. The van der Waals surface area contributed by atoms with Crippen LogP contribution in [-0.4, -0.2) is 11.1 Å². The van der Waals surface area contributed by atoms with E-state index >= 15 is 0 Å². The fraction of sp³-hybridized carbons (Fsp3) is 0.444. The summed E-state index contributed by atoms with van der Waals surface area (Å²) in [7, 11) is 0. The fourth-order valence-corrected chi connectivity index (χ4v) is 2.37. The predicted molar refractivity (Wildman–Crippen MR) is 50.0 cm³/mol. The number of hydrogen-bond donors (Lipinski definition) is 1. The highest BCUT2D eigenvalue weighted by Crippen LogP contribution is 2.23. The summed E-state index contributed by atoms with van der Waals surface area (Å²) in [6.07, 6.45) is 1.74. The van der Waals surface area contributed by atoms with Crippen molar-refractivity contribution in [2.75, 3.05) is 0 Å². The number of hydrogen-bond acceptors (Lipinski definition) is 2. The van der Waals surface area contributed by atoms with Gasteiger partial charge < -0.3 is 5.11 Å². The van der Waals surface area contributed by atoms with Crippen LogP contribution < -0.4 is 0 Å². The molecule has 1 aromatic heterocycles. The Morgan fingerprint density at radius 1 is 1.50 bits per heavy atom. The molecule has 0 aliphatic rings. The Bertz CT molecular complexity index is 289. The smallest absolute Gasteiger partial charge is 0.346 e. The number of aromatic carboxylic acids is 1. The minimum absolute atomic E-state index is 0.509. The van der Waals surface area contributed by atoms with Crippen LogP contribution in [0.3, 0.4) is 0 Å². The van der Waals surface area contributed by atoms with Gasteiger partial charge >= 0.3 is 5.97 Å². The molecule has 0 amide bonds. The molecule has 0 saturated heterocycles. The Hall–Kier alpha value is -0.830. The summed E-state index contributed by atoms with van der Waals surface area (Å²) in [6.45, 7) is 4.04. The maximum Gasteiger partial charge on any atom is 0.346 e. The predicted octanol–water partition coefficient (Wildman–Crippen LogP) is 2.57. The molecule has 66 valence electrons. The SMILES string of the molecule is CCc1csc(C(=O)O)c1CC. The first-order valence-corrected chi connectivity index (χ1v) is 4.91. The third-order valence-electron chi connectivity index (χ3n) is 1.91. The first-order valence-electron chi connectivity index (χ1n) is 4.03. The van der Waals surface area contributed by atoms with Gasteiger partial charge in [0.2, 0.25) is 0 Å². The zero-order chi connectivity index (χ0) is 9.14. The minimum atomic E-state index is -0.795. The molecule has 0 atom stereocenters. The highest BCUT2D eigenvalue weighted by atomic mass is 32.1. The van der Waals surface area contributed by atoms with Crippen molar-refractivity contribution in [2.24, 2.45) is 0 Å². The van der Waals surface area contributed by atoms with Crippen molar-refractivity contribution in [3.05, 3.63) is 21.4 Å². The first kappa shape index (κ1) is 9.26. The van der Waals surface area contributed by atoms with E-state index in [2.05, 4.69) is 0 Å². The number of thiophene rings is 1. The van der Waals surface area contributed by atoms with E-state index in [0.29, 0.717) is 4.88 Å². The van der Waals surface area contributed by atoms with Crippen LogP contribution in [0.4, 0.5) is 0 Å². The summed E-state index contributed by atoms with van der Waals surface area (Å²) in [4.78, 5) is 11.2. The molecule has 1 aromatic rings. The Labute approximate surface area is 75.9 Å². The zero-order valence-corrected chi connectivity index (χ0v) is 8.07. The van der Waals surface area contributed by atoms with Gasteiger partial charge in [-0.3, -0.25) is 0 Å². The van der Waals surface area contributed by atoms with Crippen LogP contribution in [0.15, 0.2) is 5.38 Å². The normalized spacial score (nSPS) is 10.2. The Morgan fingerprint density at radius 2 is 2.17 bits per heavy atom. The standard InChI is InChI=1S/C9H12O2S/c1-3-6-5-12-8(9(10)11)7(6)4-2/h5H,3-4H2,1-2H3,(H,10,11). The van der Waals surface area contributed by atoms with E-state index in [1.807, 2.05) is 19.2 Å². The average Bonchev–Trinajstić information content (AvgIpc) is 2.46. The van der Waals surface area contributed by atoms with Gasteiger partial charge in [-0.05, 0) is 29.3 Å². The lowest BCUT2D eigenvalue weighted by Crippen LogP contribution is -1.98. The third kappa shape index (κ3) is 1.50. The Morgan fingerprint density at radius 3 is 2.58 bits per heavy atom. The molecule has 0 radical (unpaired) electrons. The van der Waals surface area contributed by atoms with Gasteiger partial charge in [-0.15, -0.1) is 11.3 Å². The molecule has 1 heterocycles. The molecule has 0 aromatic carbocycles. The summed E-state index contributed by atoms with van der Waals surface area (Å²) in [5.74, 6) is -0.795. The van der Waals surface area contributed by atoms with Gasteiger partial charge in [-0.2, -0.15) is 0 Å². The van der Waals surface area contributed by atoms with E-state index in [-0.39, 0.29) is 0 Å². The molecule has 12 heavy (non-hydrogen) atoms. The van der Waals surface area contributed by atoms with Crippen LogP contribution in [0, 0.1) is 0 Å². The fourth-order valence-electron chi connectivity index (χ4n) is 1.28. The van der Waals surface area contributed by atoms with Crippen LogP contribution >= 0.6 is 11.3 Å². The topological polar surface area (TPSA) is 37.3 Å². The number of carboxylic acid groups (broad SMARTS) is 1. The Kier molecular flexibility index (Phi) is 2.87.